The molecular weight excluding hydrogens is 246 g/mol. The summed E-state index contributed by atoms with van der Waals surface area (Å²) in [7, 11) is 0. The summed E-state index contributed by atoms with van der Waals surface area (Å²) in [6.07, 6.45) is 0.425. The number of hydrogen-bond acceptors (Lipinski definition) is 3. The van der Waals surface area contributed by atoms with Crippen LogP contribution in [0.1, 0.15) is 21.5 Å². The number of rotatable bonds is 2. The van der Waals surface area contributed by atoms with E-state index in [-0.39, 0.29) is 11.3 Å². The molecule has 1 aliphatic carbocycles. The van der Waals surface area contributed by atoms with Crippen LogP contribution < -0.4 is 0 Å². The van der Waals surface area contributed by atoms with Crippen molar-refractivity contribution in [3.05, 3.63) is 63.2 Å². The van der Waals surface area contributed by atoms with Crippen molar-refractivity contribution in [3.8, 4) is 11.1 Å². The lowest BCUT2D eigenvalue weighted by Crippen LogP contribution is -2.06. The Morgan fingerprint density at radius 3 is 2.58 bits per heavy atom. The molecule has 0 radical (unpaired) electrons. The molecule has 0 aromatic heterocycles. The number of benzene rings is 2. The molecule has 1 aliphatic rings. The lowest BCUT2D eigenvalue weighted by Gasteiger charge is -2.05. The summed E-state index contributed by atoms with van der Waals surface area (Å²) < 4.78 is 0. The maximum atomic E-state index is 11.3. The van der Waals surface area contributed by atoms with Crippen LogP contribution in [0.5, 0.6) is 0 Å². The van der Waals surface area contributed by atoms with E-state index < -0.39 is 10.9 Å². The van der Waals surface area contributed by atoms with E-state index in [1.54, 1.807) is 6.07 Å². The number of nitro groups is 1. The predicted molar refractivity (Wildman–Crippen MR) is 68.3 cm³/mol. The summed E-state index contributed by atoms with van der Waals surface area (Å²) in [5.74, 6) is -1.25. The molecular formula is C14H9NO4. The fraction of sp³-hybridized carbons (Fsp3) is 0.0714. The fourth-order valence-electron chi connectivity index (χ4n) is 2.59. The summed E-state index contributed by atoms with van der Waals surface area (Å²) in [6, 6.07) is 10.5. The number of carboxylic acids is 1. The third-order valence-corrected chi connectivity index (χ3v) is 3.38. The molecule has 5 nitrogen and oxygen atoms in total. The summed E-state index contributed by atoms with van der Waals surface area (Å²) in [5.41, 5.74) is 2.72. The van der Waals surface area contributed by atoms with Gasteiger partial charge in [-0.1, -0.05) is 24.3 Å². The first kappa shape index (κ1) is 11.4. The van der Waals surface area contributed by atoms with E-state index in [9.17, 15) is 20.0 Å². The van der Waals surface area contributed by atoms with Gasteiger partial charge in [0.2, 0.25) is 0 Å². The zero-order chi connectivity index (χ0) is 13.6. The van der Waals surface area contributed by atoms with Crippen molar-refractivity contribution in [3.63, 3.8) is 0 Å². The molecule has 2 aromatic rings. The largest absolute Gasteiger partial charge is 0.477 e. The minimum absolute atomic E-state index is 0.196. The quantitative estimate of drug-likeness (QED) is 0.564. The molecule has 0 saturated heterocycles. The number of fused-ring (bicyclic) bond motifs is 3. The Morgan fingerprint density at radius 2 is 1.89 bits per heavy atom. The first-order chi connectivity index (χ1) is 9.09. The van der Waals surface area contributed by atoms with Crippen LogP contribution in [0.3, 0.4) is 0 Å². The lowest BCUT2D eigenvalue weighted by molar-refractivity contribution is -0.385. The number of carboxylic acid groups (broad SMARTS) is 1. The van der Waals surface area contributed by atoms with Crippen LogP contribution in [0.4, 0.5) is 5.69 Å². The Morgan fingerprint density at radius 1 is 1.16 bits per heavy atom. The molecule has 1 N–H and O–H groups in total. The van der Waals surface area contributed by atoms with E-state index in [4.69, 9.17) is 0 Å². The zero-order valence-corrected chi connectivity index (χ0v) is 9.79. The van der Waals surface area contributed by atoms with Crippen LogP contribution >= 0.6 is 0 Å². The molecule has 0 bridgehead atoms. The van der Waals surface area contributed by atoms with Crippen LogP contribution in [-0.2, 0) is 6.42 Å². The van der Waals surface area contributed by atoms with E-state index in [0.29, 0.717) is 12.0 Å². The summed E-state index contributed by atoms with van der Waals surface area (Å²) in [6.45, 7) is 0. The van der Waals surface area contributed by atoms with Gasteiger partial charge in [-0.05, 0) is 34.7 Å². The summed E-state index contributed by atoms with van der Waals surface area (Å²) >= 11 is 0. The topological polar surface area (TPSA) is 80.4 Å². The Bertz CT molecular complexity index is 721. The fourth-order valence-corrected chi connectivity index (χ4v) is 2.59. The van der Waals surface area contributed by atoms with E-state index >= 15 is 0 Å². The number of aromatic carboxylic acids is 1. The van der Waals surface area contributed by atoms with E-state index in [1.807, 2.05) is 24.3 Å². The highest BCUT2D eigenvalue weighted by Gasteiger charge is 2.30. The lowest BCUT2D eigenvalue weighted by atomic mass is 9.99. The van der Waals surface area contributed by atoms with Crippen LogP contribution in [0, 0.1) is 10.1 Å². The van der Waals surface area contributed by atoms with Crippen molar-refractivity contribution in [2.75, 3.05) is 0 Å². The van der Waals surface area contributed by atoms with Gasteiger partial charge < -0.3 is 5.11 Å². The van der Waals surface area contributed by atoms with Gasteiger partial charge in [0.05, 0.1) is 4.92 Å². The number of nitro benzene ring substituents is 1. The first-order valence-electron chi connectivity index (χ1n) is 5.71. The molecule has 5 heteroatoms. The second-order valence-corrected chi connectivity index (χ2v) is 4.38. The minimum Gasteiger partial charge on any atom is -0.477 e. The van der Waals surface area contributed by atoms with Gasteiger partial charge in [0.25, 0.3) is 5.69 Å². The van der Waals surface area contributed by atoms with Crippen molar-refractivity contribution in [1.82, 2.24) is 0 Å². The van der Waals surface area contributed by atoms with Gasteiger partial charge in [0.1, 0.15) is 5.56 Å². The van der Waals surface area contributed by atoms with E-state index in [2.05, 4.69) is 0 Å². The van der Waals surface area contributed by atoms with Crippen molar-refractivity contribution >= 4 is 11.7 Å². The summed E-state index contributed by atoms with van der Waals surface area (Å²) in [5, 5.41) is 20.2. The average Bonchev–Trinajstić information content (AvgIpc) is 2.75. The van der Waals surface area contributed by atoms with Crippen molar-refractivity contribution in [1.29, 1.82) is 0 Å². The molecule has 0 atom stereocenters. The van der Waals surface area contributed by atoms with Gasteiger partial charge in [-0.25, -0.2) is 4.79 Å². The number of carbonyl (C=O) groups is 1. The molecule has 0 heterocycles. The second-order valence-electron chi connectivity index (χ2n) is 4.38. The minimum atomic E-state index is -1.25. The highest BCUT2D eigenvalue weighted by molar-refractivity contribution is 5.98. The standard InChI is InChI=1S/C14H9NO4/c16-14(17)13-11-7-8-3-1-2-4-9(8)10(11)5-6-12(13)15(18)19/h1-6H,7H2,(H,16,17). The highest BCUT2D eigenvalue weighted by Crippen LogP contribution is 2.40. The summed E-state index contributed by atoms with van der Waals surface area (Å²) in [4.78, 5) is 21.6. The molecule has 0 saturated carbocycles. The normalized spacial score (nSPS) is 11.8. The maximum Gasteiger partial charge on any atom is 0.343 e. The third-order valence-electron chi connectivity index (χ3n) is 3.38. The number of nitrogens with zero attached hydrogens (tertiary/aromatic N) is 1. The monoisotopic (exact) mass is 255 g/mol. The van der Waals surface area contributed by atoms with Crippen LogP contribution in [0.25, 0.3) is 11.1 Å². The highest BCUT2D eigenvalue weighted by atomic mass is 16.6. The van der Waals surface area contributed by atoms with Crippen LogP contribution in [0.2, 0.25) is 0 Å². The average molecular weight is 255 g/mol. The predicted octanol–water partition coefficient (Wildman–Crippen LogP) is 2.86. The second kappa shape index (κ2) is 3.91. The Kier molecular flexibility index (Phi) is 2.35. The van der Waals surface area contributed by atoms with Gasteiger partial charge in [0.15, 0.2) is 0 Å². The molecule has 0 unspecified atom stereocenters. The Hall–Kier alpha value is -2.69. The molecule has 3 rings (SSSR count). The molecule has 0 aliphatic heterocycles. The number of hydrogen-bond donors (Lipinski definition) is 1. The molecule has 94 valence electrons. The van der Waals surface area contributed by atoms with Crippen LogP contribution in [0.15, 0.2) is 36.4 Å². The maximum absolute atomic E-state index is 11.3. The third kappa shape index (κ3) is 1.59. The molecule has 19 heavy (non-hydrogen) atoms. The van der Waals surface area contributed by atoms with Crippen molar-refractivity contribution < 1.29 is 14.8 Å². The van der Waals surface area contributed by atoms with Gasteiger partial charge in [-0.3, -0.25) is 10.1 Å². The first-order valence-corrected chi connectivity index (χ1v) is 5.71. The molecule has 0 fully saturated rings. The Labute approximate surface area is 108 Å². The van der Waals surface area contributed by atoms with Crippen molar-refractivity contribution in [2.24, 2.45) is 0 Å². The van der Waals surface area contributed by atoms with Gasteiger partial charge >= 0.3 is 5.97 Å². The van der Waals surface area contributed by atoms with Gasteiger partial charge in [-0.15, -0.1) is 0 Å². The smallest absolute Gasteiger partial charge is 0.343 e. The SMILES string of the molecule is O=C(O)c1c([N+](=O)[O-])ccc2c1Cc1ccccc1-2. The molecule has 0 amide bonds. The van der Waals surface area contributed by atoms with E-state index in [0.717, 1.165) is 16.7 Å². The molecule has 0 spiro atoms. The Balaban J connectivity index is 2.31. The molecule has 2 aromatic carbocycles. The van der Waals surface area contributed by atoms with Crippen molar-refractivity contribution in [2.45, 2.75) is 6.42 Å². The van der Waals surface area contributed by atoms with Gasteiger partial charge in [0, 0.05) is 6.07 Å². The van der Waals surface area contributed by atoms with E-state index in [1.165, 1.54) is 6.07 Å². The zero-order valence-electron chi connectivity index (χ0n) is 9.79. The van der Waals surface area contributed by atoms with Gasteiger partial charge in [-0.2, -0.15) is 0 Å². The van der Waals surface area contributed by atoms with Crippen LogP contribution in [-0.4, -0.2) is 16.0 Å².